The number of ether oxygens (including phenoxy) is 2. The molecule has 0 unspecified atom stereocenters. The van der Waals surface area contributed by atoms with Crippen LogP contribution in [-0.4, -0.2) is 29.4 Å². The molecule has 0 atom stereocenters. The number of pyridine rings is 1. The van der Waals surface area contributed by atoms with Gasteiger partial charge in [0.1, 0.15) is 17.2 Å². The van der Waals surface area contributed by atoms with Gasteiger partial charge in [-0.3, -0.25) is 10.1 Å². The van der Waals surface area contributed by atoms with Gasteiger partial charge in [-0.2, -0.15) is 5.10 Å². The van der Waals surface area contributed by atoms with Crippen molar-refractivity contribution in [2.45, 2.75) is 0 Å². The summed E-state index contributed by atoms with van der Waals surface area (Å²) in [6.45, 7) is 0. The molecule has 2 aromatic heterocycles. The van der Waals surface area contributed by atoms with Gasteiger partial charge in [0.2, 0.25) is 0 Å². The van der Waals surface area contributed by atoms with E-state index in [1.54, 1.807) is 20.4 Å². The molecule has 1 N–H and O–H groups in total. The molecule has 0 aliphatic rings. The molecule has 4 rings (SSSR count). The minimum absolute atomic E-state index is 0.778. The van der Waals surface area contributed by atoms with E-state index in [0.717, 1.165) is 44.9 Å². The Labute approximate surface area is 145 Å². The predicted octanol–water partition coefficient (Wildman–Crippen LogP) is 4.31. The van der Waals surface area contributed by atoms with Gasteiger partial charge in [-0.15, -0.1) is 0 Å². The van der Waals surface area contributed by atoms with Gasteiger partial charge in [-0.1, -0.05) is 24.3 Å². The highest BCUT2D eigenvalue weighted by Gasteiger charge is 2.17. The lowest BCUT2D eigenvalue weighted by atomic mass is 10.0. The van der Waals surface area contributed by atoms with Crippen LogP contribution < -0.4 is 9.47 Å². The largest absolute Gasteiger partial charge is 0.497 e. The molecule has 0 amide bonds. The fraction of sp³-hybridized carbons (Fsp3) is 0.100. The number of aromatic nitrogens is 3. The topological polar surface area (TPSA) is 60.0 Å². The van der Waals surface area contributed by atoms with Gasteiger partial charge in [-0.05, 0) is 30.3 Å². The molecular formula is C20H17N3O2. The quantitative estimate of drug-likeness (QED) is 0.605. The zero-order chi connectivity index (χ0) is 17.2. The SMILES string of the molecule is COc1cccc(-c2n[nH]c3ccnc(-c4ccccc4OC)c23)c1. The first kappa shape index (κ1) is 15.2. The molecule has 124 valence electrons. The van der Waals surface area contributed by atoms with Gasteiger partial charge >= 0.3 is 0 Å². The molecule has 0 saturated carbocycles. The van der Waals surface area contributed by atoms with E-state index in [-0.39, 0.29) is 0 Å². The normalized spacial score (nSPS) is 10.8. The van der Waals surface area contributed by atoms with Crippen LogP contribution in [0.25, 0.3) is 33.4 Å². The molecule has 4 aromatic rings. The number of nitrogens with one attached hydrogen (secondary N) is 1. The number of para-hydroxylation sites is 1. The molecule has 2 heterocycles. The fourth-order valence-electron chi connectivity index (χ4n) is 2.99. The number of H-pyrrole nitrogens is 1. The highest BCUT2D eigenvalue weighted by atomic mass is 16.5. The Bertz CT molecular complexity index is 1040. The number of hydrogen-bond acceptors (Lipinski definition) is 4. The molecule has 0 aliphatic heterocycles. The third-order valence-corrected chi connectivity index (χ3v) is 4.18. The Kier molecular flexibility index (Phi) is 3.82. The Balaban J connectivity index is 1.99. The van der Waals surface area contributed by atoms with Gasteiger partial charge in [0.05, 0.1) is 30.8 Å². The number of benzene rings is 2. The summed E-state index contributed by atoms with van der Waals surface area (Å²) in [5.41, 5.74) is 4.49. The van der Waals surface area contributed by atoms with Crippen LogP contribution in [0.2, 0.25) is 0 Å². The van der Waals surface area contributed by atoms with E-state index in [9.17, 15) is 0 Å². The van der Waals surface area contributed by atoms with Crippen molar-refractivity contribution < 1.29 is 9.47 Å². The third-order valence-electron chi connectivity index (χ3n) is 4.18. The number of methoxy groups -OCH3 is 2. The Hall–Kier alpha value is -3.34. The van der Waals surface area contributed by atoms with Crippen molar-refractivity contribution in [3.05, 3.63) is 60.8 Å². The van der Waals surface area contributed by atoms with Gasteiger partial charge in [0, 0.05) is 17.3 Å². The lowest BCUT2D eigenvalue weighted by Gasteiger charge is -2.09. The summed E-state index contributed by atoms with van der Waals surface area (Å²) in [5.74, 6) is 1.57. The minimum Gasteiger partial charge on any atom is -0.497 e. The summed E-state index contributed by atoms with van der Waals surface area (Å²) in [6, 6.07) is 17.6. The van der Waals surface area contributed by atoms with Crippen LogP contribution >= 0.6 is 0 Å². The average molecular weight is 331 g/mol. The summed E-state index contributed by atoms with van der Waals surface area (Å²) in [6.07, 6.45) is 1.78. The summed E-state index contributed by atoms with van der Waals surface area (Å²) < 4.78 is 10.9. The lowest BCUT2D eigenvalue weighted by molar-refractivity contribution is 0.415. The van der Waals surface area contributed by atoms with Gasteiger partial charge in [0.25, 0.3) is 0 Å². The van der Waals surface area contributed by atoms with Gasteiger partial charge in [0.15, 0.2) is 0 Å². The van der Waals surface area contributed by atoms with E-state index in [4.69, 9.17) is 9.47 Å². The second kappa shape index (κ2) is 6.28. The molecule has 0 bridgehead atoms. The summed E-state index contributed by atoms with van der Waals surface area (Å²) in [5, 5.41) is 8.58. The maximum Gasteiger partial charge on any atom is 0.128 e. The maximum atomic E-state index is 5.52. The molecule has 25 heavy (non-hydrogen) atoms. The summed E-state index contributed by atoms with van der Waals surface area (Å²) >= 11 is 0. The van der Waals surface area contributed by atoms with E-state index in [1.807, 2.05) is 54.6 Å². The first-order chi connectivity index (χ1) is 12.3. The maximum absolute atomic E-state index is 5.52. The second-order valence-electron chi connectivity index (χ2n) is 5.59. The number of fused-ring (bicyclic) bond motifs is 1. The van der Waals surface area contributed by atoms with E-state index in [2.05, 4.69) is 15.2 Å². The number of rotatable bonds is 4. The lowest BCUT2D eigenvalue weighted by Crippen LogP contribution is -1.91. The van der Waals surface area contributed by atoms with Crippen LogP contribution in [0, 0.1) is 0 Å². The smallest absolute Gasteiger partial charge is 0.128 e. The highest BCUT2D eigenvalue weighted by molar-refractivity contribution is 6.03. The number of hydrogen-bond donors (Lipinski definition) is 1. The van der Waals surface area contributed by atoms with E-state index in [0.29, 0.717) is 0 Å². The first-order valence-electron chi connectivity index (χ1n) is 7.92. The fourth-order valence-corrected chi connectivity index (χ4v) is 2.99. The zero-order valence-corrected chi connectivity index (χ0v) is 14.0. The Morgan fingerprint density at radius 2 is 1.76 bits per heavy atom. The van der Waals surface area contributed by atoms with Crippen LogP contribution in [0.1, 0.15) is 0 Å². The van der Waals surface area contributed by atoms with Crippen molar-refractivity contribution in [2.24, 2.45) is 0 Å². The molecule has 0 spiro atoms. The van der Waals surface area contributed by atoms with Crippen molar-refractivity contribution >= 4 is 10.9 Å². The van der Waals surface area contributed by atoms with Crippen LogP contribution in [0.15, 0.2) is 60.8 Å². The van der Waals surface area contributed by atoms with Crippen LogP contribution in [0.4, 0.5) is 0 Å². The number of aromatic amines is 1. The highest BCUT2D eigenvalue weighted by Crippen LogP contribution is 2.37. The van der Waals surface area contributed by atoms with Crippen LogP contribution in [0.3, 0.4) is 0 Å². The van der Waals surface area contributed by atoms with Gasteiger partial charge in [-0.25, -0.2) is 0 Å². The van der Waals surface area contributed by atoms with Crippen molar-refractivity contribution in [3.63, 3.8) is 0 Å². The summed E-state index contributed by atoms with van der Waals surface area (Å²) in [4.78, 5) is 4.62. The molecule has 5 nitrogen and oxygen atoms in total. The molecule has 5 heteroatoms. The molecule has 0 saturated heterocycles. The monoisotopic (exact) mass is 331 g/mol. The molecule has 0 aliphatic carbocycles. The predicted molar refractivity (Wildman–Crippen MR) is 97.9 cm³/mol. The molecular weight excluding hydrogens is 314 g/mol. The van der Waals surface area contributed by atoms with Crippen molar-refractivity contribution in [2.75, 3.05) is 14.2 Å². The Morgan fingerprint density at radius 1 is 0.880 bits per heavy atom. The second-order valence-corrected chi connectivity index (χ2v) is 5.59. The Morgan fingerprint density at radius 3 is 2.60 bits per heavy atom. The van der Waals surface area contributed by atoms with Crippen molar-refractivity contribution in [1.29, 1.82) is 0 Å². The average Bonchev–Trinajstić information content (AvgIpc) is 3.12. The molecule has 0 fully saturated rings. The van der Waals surface area contributed by atoms with Crippen LogP contribution in [-0.2, 0) is 0 Å². The van der Waals surface area contributed by atoms with E-state index < -0.39 is 0 Å². The molecule has 2 aromatic carbocycles. The van der Waals surface area contributed by atoms with Crippen LogP contribution in [0.5, 0.6) is 11.5 Å². The van der Waals surface area contributed by atoms with E-state index >= 15 is 0 Å². The third kappa shape index (κ3) is 2.59. The molecule has 0 radical (unpaired) electrons. The van der Waals surface area contributed by atoms with Gasteiger partial charge < -0.3 is 9.47 Å². The first-order valence-corrected chi connectivity index (χ1v) is 7.92. The van der Waals surface area contributed by atoms with Crippen molar-refractivity contribution in [3.8, 4) is 34.0 Å². The number of nitrogens with zero attached hydrogens (tertiary/aromatic N) is 2. The minimum atomic E-state index is 0.778. The zero-order valence-electron chi connectivity index (χ0n) is 14.0. The van der Waals surface area contributed by atoms with E-state index in [1.165, 1.54) is 0 Å². The standard InChI is InChI=1S/C20H17N3O2/c1-24-14-7-5-6-13(12-14)19-18-16(22-23-19)10-11-21-20(18)15-8-3-4-9-17(15)25-2/h3-12H,1-2H3,(H,22,23). The van der Waals surface area contributed by atoms with Crippen molar-refractivity contribution in [1.82, 2.24) is 15.2 Å². The summed E-state index contributed by atoms with van der Waals surface area (Å²) in [7, 11) is 3.32.